The van der Waals surface area contributed by atoms with E-state index in [2.05, 4.69) is 19.5 Å². The third-order valence-corrected chi connectivity index (χ3v) is 4.41. The first-order valence-electron chi connectivity index (χ1n) is 7.63. The van der Waals surface area contributed by atoms with Gasteiger partial charge < -0.3 is 24.4 Å². The van der Waals surface area contributed by atoms with Crippen LogP contribution in [0, 0.1) is 0 Å². The minimum absolute atomic E-state index is 0.000382. The lowest BCUT2D eigenvalue weighted by atomic mass is 10.2. The van der Waals surface area contributed by atoms with Crippen LogP contribution < -0.4 is 19.5 Å². The second kappa shape index (κ2) is 6.85. The number of alkyl halides is 2. The zero-order valence-corrected chi connectivity index (χ0v) is 14.5. The Kier molecular flexibility index (Phi) is 4.90. The minimum atomic E-state index is -3.74. The van der Waals surface area contributed by atoms with Crippen LogP contribution in [0.1, 0.15) is 0 Å². The fourth-order valence-electron chi connectivity index (χ4n) is 2.56. The summed E-state index contributed by atoms with van der Waals surface area (Å²) in [6.45, 7) is 0.726. The molecule has 1 atom stereocenters. The first kappa shape index (κ1) is 18.6. The molecule has 9 nitrogen and oxygen atoms in total. The molecule has 144 valence electrons. The van der Waals surface area contributed by atoms with E-state index in [1.54, 1.807) is 0 Å². The Balaban J connectivity index is 1.67. The molecule has 3 rings (SSSR count). The number of amides is 2. The fraction of sp³-hybridized carbons (Fsp3) is 0.500. The monoisotopic (exact) mass is 393 g/mol. The maximum atomic E-state index is 13.0. The van der Waals surface area contributed by atoms with Crippen LogP contribution in [-0.4, -0.2) is 64.2 Å². The smallest absolute Gasteiger partial charge is 0.395 e. The highest BCUT2D eigenvalue weighted by Crippen LogP contribution is 2.42. The van der Waals surface area contributed by atoms with Gasteiger partial charge in [0, 0.05) is 24.8 Å². The van der Waals surface area contributed by atoms with Crippen molar-refractivity contribution in [2.75, 3.05) is 37.9 Å². The van der Waals surface area contributed by atoms with Crippen LogP contribution >= 0.6 is 0 Å². The van der Waals surface area contributed by atoms with E-state index < -0.39 is 28.4 Å². The van der Waals surface area contributed by atoms with Crippen molar-refractivity contribution >= 4 is 21.7 Å². The van der Waals surface area contributed by atoms with E-state index in [1.807, 2.05) is 0 Å². The van der Waals surface area contributed by atoms with E-state index >= 15 is 0 Å². The van der Waals surface area contributed by atoms with Crippen molar-refractivity contribution in [3.8, 4) is 11.5 Å². The number of ether oxygens (including phenoxy) is 3. The standard InChI is InChI=1S/C14H17F2N3O6S/c1-26(21,22)17-7-10-8-23-5-4-19(10)13(20)18-9-2-3-11-12(6-9)25-14(15,16)24-11/h2-3,6,10,17H,4-5,7-8H2,1H3,(H,18,20). The number of rotatable bonds is 4. The zero-order valence-electron chi connectivity index (χ0n) is 13.7. The second-order valence-electron chi connectivity index (χ2n) is 5.80. The van der Waals surface area contributed by atoms with Crippen LogP contribution in [0.2, 0.25) is 0 Å². The Bertz CT molecular complexity index is 804. The van der Waals surface area contributed by atoms with Gasteiger partial charge in [0.1, 0.15) is 0 Å². The topological polar surface area (TPSA) is 106 Å². The number of hydrogen-bond donors (Lipinski definition) is 2. The van der Waals surface area contributed by atoms with Crippen LogP contribution in [-0.2, 0) is 14.8 Å². The molecule has 2 amide bonds. The molecule has 0 aliphatic carbocycles. The highest BCUT2D eigenvalue weighted by molar-refractivity contribution is 7.88. The molecule has 0 spiro atoms. The summed E-state index contributed by atoms with van der Waals surface area (Å²) in [7, 11) is -3.41. The van der Waals surface area contributed by atoms with Gasteiger partial charge in [-0.15, -0.1) is 8.78 Å². The number of morpholine rings is 1. The van der Waals surface area contributed by atoms with Crippen molar-refractivity contribution in [3.05, 3.63) is 18.2 Å². The normalized spacial score (nSPS) is 21.5. The Labute approximate surface area is 148 Å². The summed E-state index contributed by atoms with van der Waals surface area (Å²) in [5, 5.41) is 2.57. The number of fused-ring (bicyclic) bond motifs is 1. The summed E-state index contributed by atoms with van der Waals surface area (Å²) in [6, 6.07) is 2.86. The van der Waals surface area contributed by atoms with Gasteiger partial charge in [-0.25, -0.2) is 17.9 Å². The summed E-state index contributed by atoms with van der Waals surface area (Å²) in [5.41, 5.74) is 0.233. The van der Waals surface area contributed by atoms with Crippen molar-refractivity contribution in [1.29, 1.82) is 0 Å². The molecule has 1 aromatic rings. The van der Waals surface area contributed by atoms with Gasteiger partial charge >= 0.3 is 12.3 Å². The van der Waals surface area contributed by atoms with Gasteiger partial charge in [-0.2, -0.15) is 0 Å². The van der Waals surface area contributed by atoms with Crippen LogP contribution in [0.3, 0.4) is 0 Å². The average Bonchev–Trinajstić information content (AvgIpc) is 2.85. The highest BCUT2D eigenvalue weighted by atomic mass is 32.2. The Morgan fingerprint density at radius 3 is 2.81 bits per heavy atom. The number of anilines is 1. The van der Waals surface area contributed by atoms with Gasteiger partial charge in [-0.05, 0) is 12.1 Å². The van der Waals surface area contributed by atoms with Crippen molar-refractivity contribution in [3.63, 3.8) is 0 Å². The molecule has 26 heavy (non-hydrogen) atoms. The van der Waals surface area contributed by atoms with Crippen molar-refractivity contribution < 1.29 is 36.2 Å². The van der Waals surface area contributed by atoms with Gasteiger partial charge in [0.05, 0.1) is 25.5 Å². The third-order valence-electron chi connectivity index (χ3n) is 3.72. The Morgan fingerprint density at radius 1 is 1.35 bits per heavy atom. The lowest BCUT2D eigenvalue weighted by molar-refractivity contribution is -0.286. The van der Waals surface area contributed by atoms with Crippen LogP contribution in [0.4, 0.5) is 19.3 Å². The van der Waals surface area contributed by atoms with Crippen LogP contribution in [0.5, 0.6) is 11.5 Å². The molecule has 2 heterocycles. The lowest BCUT2D eigenvalue weighted by Crippen LogP contribution is -2.54. The molecule has 2 aliphatic heterocycles. The Morgan fingerprint density at radius 2 is 2.08 bits per heavy atom. The number of sulfonamides is 1. The molecule has 0 bridgehead atoms. The van der Waals surface area contributed by atoms with Gasteiger partial charge in [-0.3, -0.25) is 0 Å². The molecule has 2 aliphatic rings. The molecule has 1 unspecified atom stereocenters. The molecular formula is C14H17F2N3O6S. The zero-order chi connectivity index (χ0) is 18.9. The van der Waals surface area contributed by atoms with E-state index in [0.717, 1.165) is 6.26 Å². The predicted octanol–water partition coefficient (Wildman–Crippen LogP) is 0.790. The molecule has 1 saturated heterocycles. The number of nitrogens with one attached hydrogen (secondary N) is 2. The van der Waals surface area contributed by atoms with Crippen molar-refractivity contribution in [1.82, 2.24) is 9.62 Å². The second-order valence-corrected chi connectivity index (χ2v) is 7.63. The quantitative estimate of drug-likeness (QED) is 0.784. The van der Waals surface area contributed by atoms with Gasteiger partial charge in [0.15, 0.2) is 11.5 Å². The molecule has 2 N–H and O–H groups in total. The van der Waals surface area contributed by atoms with Gasteiger partial charge in [0.2, 0.25) is 10.0 Å². The number of urea groups is 1. The molecular weight excluding hydrogens is 376 g/mol. The van der Waals surface area contributed by atoms with Crippen molar-refractivity contribution in [2.45, 2.75) is 12.3 Å². The maximum absolute atomic E-state index is 13.0. The van der Waals surface area contributed by atoms with E-state index in [0.29, 0.717) is 6.61 Å². The van der Waals surface area contributed by atoms with E-state index in [-0.39, 0.29) is 36.9 Å². The number of nitrogens with zero attached hydrogens (tertiary/aromatic N) is 1. The first-order valence-corrected chi connectivity index (χ1v) is 9.52. The lowest BCUT2D eigenvalue weighted by Gasteiger charge is -2.35. The summed E-state index contributed by atoms with van der Waals surface area (Å²) in [6.07, 6.45) is -2.72. The summed E-state index contributed by atoms with van der Waals surface area (Å²) < 4.78 is 64.8. The number of carbonyl (C=O) groups is 1. The minimum Gasteiger partial charge on any atom is -0.395 e. The molecule has 1 fully saturated rings. The molecule has 0 saturated carbocycles. The summed E-state index contributed by atoms with van der Waals surface area (Å²) >= 11 is 0. The largest absolute Gasteiger partial charge is 0.586 e. The van der Waals surface area contributed by atoms with Crippen LogP contribution in [0.15, 0.2) is 18.2 Å². The van der Waals surface area contributed by atoms with Gasteiger partial charge in [-0.1, -0.05) is 0 Å². The first-order chi connectivity index (χ1) is 12.1. The SMILES string of the molecule is CS(=O)(=O)NCC1COCCN1C(=O)Nc1ccc2c(c1)OC(F)(F)O2. The molecule has 0 radical (unpaired) electrons. The van der Waals surface area contributed by atoms with Gasteiger partial charge in [0.25, 0.3) is 0 Å². The Hall–Kier alpha value is -2.18. The van der Waals surface area contributed by atoms with Crippen LogP contribution in [0.25, 0.3) is 0 Å². The number of hydrogen-bond acceptors (Lipinski definition) is 6. The number of carbonyl (C=O) groups excluding carboxylic acids is 1. The average molecular weight is 393 g/mol. The van der Waals surface area contributed by atoms with Crippen molar-refractivity contribution in [2.24, 2.45) is 0 Å². The molecule has 12 heteroatoms. The number of halogens is 2. The summed E-state index contributed by atoms with van der Waals surface area (Å²) in [4.78, 5) is 13.9. The predicted molar refractivity (Wildman–Crippen MR) is 85.8 cm³/mol. The molecule has 0 aromatic heterocycles. The van der Waals surface area contributed by atoms with E-state index in [4.69, 9.17) is 4.74 Å². The van der Waals surface area contributed by atoms with E-state index in [1.165, 1.54) is 23.1 Å². The van der Waals surface area contributed by atoms with E-state index in [9.17, 15) is 22.0 Å². The third kappa shape index (κ3) is 4.51. The maximum Gasteiger partial charge on any atom is 0.586 e. The highest BCUT2D eigenvalue weighted by Gasteiger charge is 2.43. The fourth-order valence-corrected chi connectivity index (χ4v) is 3.06. The molecule has 1 aromatic carbocycles. The number of benzene rings is 1. The summed E-state index contributed by atoms with van der Waals surface area (Å²) in [5.74, 6) is -0.320.